The summed E-state index contributed by atoms with van der Waals surface area (Å²) in [6, 6.07) is 3.99. The van der Waals surface area contributed by atoms with E-state index in [4.69, 9.17) is 0 Å². The van der Waals surface area contributed by atoms with Crippen molar-refractivity contribution in [2.45, 2.75) is 38.5 Å². The van der Waals surface area contributed by atoms with Crippen molar-refractivity contribution in [2.24, 2.45) is 0 Å². The first-order chi connectivity index (χ1) is 8.49. The Morgan fingerprint density at radius 1 is 1.61 bits per heavy atom. The molecule has 18 heavy (non-hydrogen) atoms. The fourth-order valence-electron chi connectivity index (χ4n) is 2.21. The monoisotopic (exact) mass is 268 g/mol. The van der Waals surface area contributed by atoms with Gasteiger partial charge in [-0.2, -0.15) is 0 Å². The van der Waals surface area contributed by atoms with Gasteiger partial charge in [0.15, 0.2) is 0 Å². The van der Waals surface area contributed by atoms with E-state index in [1.54, 1.807) is 16.2 Å². The zero-order chi connectivity index (χ0) is 13.3. The number of aryl methyl sites for hydroxylation is 1. The molecule has 0 aliphatic carbocycles. The van der Waals surface area contributed by atoms with Crippen molar-refractivity contribution in [3.8, 4) is 0 Å². The molecule has 4 nitrogen and oxygen atoms in total. The molecule has 2 N–H and O–H groups in total. The maximum atomic E-state index is 12.3. The van der Waals surface area contributed by atoms with Crippen LogP contribution in [0.25, 0.3) is 0 Å². The highest BCUT2D eigenvalue weighted by Crippen LogP contribution is 2.27. The van der Waals surface area contributed by atoms with Gasteiger partial charge in [-0.3, -0.25) is 4.79 Å². The SMILES string of the molecule is Cc1ccc(C(C)N(C)C(=O)C2CC(O)CN2)s1. The Labute approximate surface area is 112 Å². The van der Waals surface area contributed by atoms with Crippen LogP contribution in [-0.4, -0.2) is 41.7 Å². The average molecular weight is 268 g/mol. The number of carbonyl (C=O) groups is 1. The van der Waals surface area contributed by atoms with Gasteiger partial charge in [-0.05, 0) is 32.4 Å². The molecule has 1 aliphatic rings. The summed E-state index contributed by atoms with van der Waals surface area (Å²) in [5, 5.41) is 12.5. The summed E-state index contributed by atoms with van der Waals surface area (Å²) >= 11 is 1.72. The van der Waals surface area contributed by atoms with Crippen molar-refractivity contribution >= 4 is 17.2 Å². The van der Waals surface area contributed by atoms with Gasteiger partial charge in [0.1, 0.15) is 0 Å². The van der Waals surface area contributed by atoms with Crippen LogP contribution in [0.4, 0.5) is 0 Å². The molecule has 0 spiro atoms. The Morgan fingerprint density at radius 3 is 2.83 bits per heavy atom. The molecule has 1 saturated heterocycles. The Bertz CT molecular complexity index is 432. The molecule has 100 valence electrons. The Hall–Kier alpha value is -0.910. The van der Waals surface area contributed by atoms with Crippen LogP contribution < -0.4 is 5.32 Å². The summed E-state index contributed by atoms with van der Waals surface area (Å²) in [6.07, 6.45) is 0.117. The Balaban J connectivity index is 2.02. The minimum atomic E-state index is -0.397. The number of thiophene rings is 1. The van der Waals surface area contributed by atoms with Gasteiger partial charge < -0.3 is 15.3 Å². The molecule has 2 rings (SSSR count). The van der Waals surface area contributed by atoms with E-state index in [0.29, 0.717) is 13.0 Å². The third kappa shape index (κ3) is 2.74. The van der Waals surface area contributed by atoms with Gasteiger partial charge in [-0.1, -0.05) is 0 Å². The molecule has 3 atom stereocenters. The van der Waals surface area contributed by atoms with Crippen molar-refractivity contribution in [3.63, 3.8) is 0 Å². The van der Waals surface area contributed by atoms with E-state index >= 15 is 0 Å². The first-order valence-electron chi connectivity index (χ1n) is 6.23. The molecule has 0 bridgehead atoms. The van der Waals surface area contributed by atoms with E-state index in [1.165, 1.54) is 9.75 Å². The second kappa shape index (κ2) is 5.38. The molecule has 1 aromatic rings. The maximum Gasteiger partial charge on any atom is 0.240 e. The van der Waals surface area contributed by atoms with Crippen LogP contribution in [-0.2, 0) is 4.79 Å². The third-order valence-electron chi connectivity index (χ3n) is 3.51. The second-order valence-electron chi connectivity index (χ2n) is 4.92. The lowest BCUT2D eigenvalue weighted by Gasteiger charge is -2.26. The third-order valence-corrected chi connectivity index (χ3v) is 4.68. The van der Waals surface area contributed by atoms with E-state index in [2.05, 4.69) is 24.4 Å². The molecule has 3 unspecified atom stereocenters. The first kappa shape index (κ1) is 13.5. The molecular weight excluding hydrogens is 248 g/mol. The minimum Gasteiger partial charge on any atom is -0.392 e. The van der Waals surface area contributed by atoms with Crippen LogP contribution in [0.1, 0.15) is 29.1 Å². The lowest BCUT2D eigenvalue weighted by molar-refractivity contribution is -0.133. The van der Waals surface area contributed by atoms with E-state index in [1.807, 2.05) is 14.0 Å². The quantitative estimate of drug-likeness (QED) is 0.869. The smallest absolute Gasteiger partial charge is 0.240 e. The molecule has 1 aliphatic heterocycles. The maximum absolute atomic E-state index is 12.3. The summed E-state index contributed by atoms with van der Waals surface area (Å²) in [6.45, 7) is 4.61. The largest absolute Gasteiger partial charge is 0.392 e. The summed E-state index contributed by atoms with van der Waals surface area (Å²) in [4.78, 5) is 16.5. The van der Waals surface area contributed by atoms with Crippen LogP contribution in [0.5, 0.6) is 0 Å². The molecular formula is C13H20N2O2S. The van der Waals surface area contributed by atoms with Gasteiger partial charge in [0.25, 0.3) is 0 Å². The molecule has 2 heterocycles. The number of hydrogen-bond donors (Lipinski definition) is 2. The highest BCUT2D eigenvalue weighted by molar-refractivity contribution is 7.12. The number of likely N-dealkylation sites (N-methyl/N-ethyl adjacent to an activating group) is 1. The lowest BCUT2D eigenvalue weighted by atomic mass is 10.1. The molecule has 0 radical (unpaired) electrons. The number of aliphatic hydroxyl groups excluding tert-OH is 1. The van der Waals surface area contributed by atoms with Crippen molar-refractivity contribution in [1.82, 2.24) is 10.2 Å². The van der Waals surface area contributed by atoms with Crippen LogP contribution in [0.2, 0.25) is 0 Å². The Morgan fingerprint density at radius 2 is 2.33 bits per heavy atom. The van der Waals surface area contributed by atoms with Gasteiger partial charge in [0.05, 0.1) is 18.2 Å². The van der Waals surface area contributed by atoms with Gasteiger partial charge >= 0.3 is 0 Å². The van der Waals surface area contributed by atoms with E-state index in [-0.39, 0.29) is 18.0 Å². The van der Waals surface area contributed by atoms with Gasteiger partial charge in [-0.25, -0.2) is 0 Å². The van der Waals surface area contributed by atoms with Gasteiger partial charge in [-0.15, -0.1) is 11.3 Å². The number of aliphatic hydroxyl groups is 1. The van der Waals surface area contributed by atoms with Crippen molar-refractivity contribution in [3.05, 3.63) is 21.9 Å². The predicted octanol–water partition coefficient (Wildman–Crippen LogP) is 1.30. The number of rotatable bonds is 3. The summed E-state index contributed by atoms with van der Waals surface area (Å²) < 4.78 is 0. The van der Waals surface area contributed by atoms with Crippen molar-refractivity contribution in [1.29, 1.82) is 0 Å². The predicted molar refractivity (Wildman–Crippen MR) is 72.7 cm³/mol. The van der Waals surface area contributed by atoms with Gasteiger partial charge in [0.2, 0.25) is 5.91 Å². The zero-order valence-electron chi connectivity index (χ0n) is 11.0. The Kier molecular flexibility index (Phi) is 4.04. The molecule has 1 fully saturated rings. The van der Waals surface area contributed by atoms with E-state index in [9.17, 15) is 9.90 Å². The first-order valence-corrected chi connectivity index (χ1v) is 7.05. The molecule has 5 heteroatoms. The van der Waals surface area contributed by atoms with Gasteiger partial charge in [0, 0.05) is 23.3 Å². The van der Waals surface area contributed by atoms with Crippen molar-refractivity contribution < 1.29 is 9.90 Å². The minimum absolute atomic E-state index is 0.0603. The fraction of sp³-hybridized carbons (Fsp3) is 0.615. The molecule has 0 aromatic carbocycles. The second-order valence-corrected chi connectivity index (χ2v) is 6.24. The van der Waals surface area contributed by atoms with Crippen LogP contribution in [0.15, 0.2) is 12.1 Å². The normalized spacial score (nSPS) is 25.1. The number of β-amino-alcohol motifs (C(OH)–C–C–N with tert-alkyl or cyclic N) is 1. The lowest BCUT2D eigenvalue weighted by Crippen LogP contribution is -2.42. The standard InChI is InChI=1S/C13H20N2O2S/c1-8-4-5-12(18-8)9(2)15(3)13(17)11-6-10(16)7-14-11/h4-5,9-11,14,16H,6-7H2,1-3H3. The van der Waals surface area contributed by atoms with E-state index < -0.39 is 6.10 Å². The summed E-state index contributed by atoms with van der Waals surface area (Å²) in [5.41, 5.74) is 0. The molecule has 1 aromatic heterocycles. The number of amides is 1. The summed E-state index contributed by atoms with van der Waals surface area (Å²) in [5.74, 6) is 0.0603. The number of carbonyl (C=O) groups excluding carboxylic acids is 1. The van der Waals surface area contributed by atoms with Crippen LogP contribution in [0.3, 0.4) is 0 Å². The van der Waals surface area contributed by atoms with Crippen LogP contribution in [0, 0.1) is 6.92 Å². The molecule has 0 saturated carbocycles. The topological polar surface area (TPSA) is 52.6 Å². The van der Waals surface area contributed by atoms with E-state index in [0.717, 1.165) is 0 Å². The summed E-state index contributed by atoms with van der Waals surface area (Å²) in [7, 11) is 1.83. The number of hydrogen-bond acceptors (Lipinski definition) is 4. The average Bonchev–Trinajstić information content (AvgIpc) is 2.95. The highest BCUT2D eigenvalue weighted by Gasteiger charge is 2.32. The highest BCUT2D eigenvalue weighted by atomic mass is 32.1. The van der Waals surface area contributed by atoms with Crippen LogP contribution >= 0.6 is 11.3 Å². The van der Waals surface area contributed by atoms with Crippen molar-refractivity contribution in [2.75, 3.05) is 13.6 Å². The fourth-order valence-corrected chi connectivity index (χ4v) is 3.18. The zero-order valence-corrected chi connectivity index (χ0v) is 11.8. The number of nitrogens with one attached hydrogen (secondary N) is 1. The number of nitrogens with zero attached hydrogens (tertiary/aromatic N) is 1. The molecule has 1 amide bonds.